The lowest BCUT2D eigenvalue weighted by Crippen LogP contribution is -2.43. The van der Waals surface area contributed by atoms with Crippen molar-refractivity contribution in [3.63, 3.8) is 0 Å². The number of rotatable bonds is 5. The maximum Gasteiger partial charge on any atom is 0.223 e. The summed E-state index contributed by atoms with van der Waals surface area (Å²) < 4.78 is 14.9. The molecule has 0 spiro atoms. The quantitative estimate of drug-likeness (QED) is 0.585. The maximum atomic E-state index is 14.9. The predicted molar refractivity (Wildman–Crippen MR) is 113 cm³/mol. The number of hydrogen-bond donors (Lipinski definition) is 2. The third-order valence-electron chi connectivity index (χ3n) is 6.56. The SMILES string of the molecule is CC(=O)N[C@@H]1CC[C@@H](C(=O)N[C@H](c2c(F)ccc(Cl)c2Cl)C2(C)CCCCC2)C1. The molecule has 2 amide bonds. The van der Waals surface area contributed by atoms with Crippen molar-refractivity contribution in [3.05, 3.63) is 33.6 Å². The number of amides is 2. The topological polar surface area (TPSA) is 58.2 Å². The first-order valence-corrected chi connectivity index (χ1v) is 11.2. The van der Waals surface area contributed by atoms with Crippen molar-refractivity contribution < 1.29 is 14.0 Å². The number of nitrogens with one attached hydrogen (secondary N) is 2. The van der Waals surface area contributed by atoms with Crippen LogP contribution >= 0.6 is 23.2 Å². The molecule has 160 valence electrons. The van der Waals surface area contributed by atoms with Gasteiger partial charge in [-0.1, -0.05) is 49.4 Å². The van der Waals surface area contributed by atoms with Gasteiger partial charge in [0.2, 0.25) is 11.8 Å². The average molecular weight is 443 g/mol. The number of carbonyl (C=O) groups is 2. The number of benzene rings is 1. The molecule has 2 aliphatic carbocycles. The van der Waals surface area contributed by atoms with Crippen LogP contribution in [0.25, 0.3) is 0 Å². The van der Waals surface area contributed by atoms with Crippen molar-refractivity contribution in [2.75, 3.05) is 0 Å². The Hall–Kier alpha value is -1.33. The van der Waals surface area contributed by atoms with Gasteiger partial charge in [-0.3, -0.25) is 9.59 Å². The van der Waals surface area contributed by atoms with E-state index in [0.717, 1.165) is 38.5 Å². The van der Waals surface area contributed by atoms with E-state index in [1.165, 1.54) is 19.1 Å². The molecule has 1 aromatic rings. The summed E-state index contributed by atoms with van der Waals surface area (Å²) in [5.41, 5.74) is -0.00746. The lowest BCUT2D eigenvalue weighted by Gasteiger charge is -2.42. The monoisotopic (exact) mass is 442 g/mol. The lowest BCUT2D eigenvalue weighted by molar-refractivity contribution is -0.127. The second-order valence-electron chi connectivity index (χ2n) is 8.82. The predicted octanol–water partition coefficient (Wildman–Crippen LogP) is 5.57. The first-order valence-electron chi connectivity index (χ1n) is 10.4. The Bertz CT molecular complexity index is 780. The Morgan fingerprint density at radius 3 is 2.52 bits per heavy atom. The maximum absolute atomic E-state index is 14.9. The molecule has 0 aliphatic heterocycles. The normalized spacial score (nSPS) is 24.7. The van der Waals surface area contributed by atoms with Crippen molar-refractivity contribution in [2.45, 2.75) is 77.3 Å². The first-order chi connectivity index (χ1) is 13.7. The van der Waals surface area contributed by atoms with Crippen LogP contribution in [0.5, 0.6) is 0 Å². The molecule has 0 bridgehead atoms. The van der Waals surface area contributed by atoms with Gasteiger partial charge in [-0.05, 0) is 49.7 Å². The molecule has 0 heterocycles. The van der Waals surface area contributed by atoms with Crippen LogP contribution in [0.1, 0.15) is 76.8 Å². The Kier molecular flexibility index (Phi) is 7.10. The lowest BCUT2D eigenvalue weighted by atomic mass is 9.68. The highest BCUT2D eigenvalue weighted by molar-refractivity contribution is 6.42. The van der Waals surface area contributed by atoms with Crippen molar-refractivity contribution in [2.24, 2.45) is 11.3 Å². The smallest absolute Gasteiger partial charge is 0.223 e. The summed E-state index contributed by atoms with van der Waals surface area (Å²) in [6.45, 7) is 3.58. The van der Waals surface area contributed by atoms with Gasteiger partial charge in [0.05, 0.1) is 16.1 Å². The van der Waals surface area contributed by atoms with Crippen LogP contribution in [0.2, 0.25) is 10.0 Å². The average Bonchev–Trinajstić information content (AvgIpc) is 3.12. The van der Waals surface area contributed by atoms with E-state index in [1.807, 2.05) is 0 Å². The van der Waals surface area contributed by atoms with E-state index in [2.05, 4.69) is 17.6 Å². The van der Waals surface area contributed by atoms with E-state index < -0.39 is 11.9 Å². The zero-order valence-corrected chi connectivity index (χ0v) is 18.5. The van der Waals surface area contributed by atoms with Crippen LogP contribution in [-0.2, 0) is 9.59 Å². The largest absolute Gasteiger partial charge is 0.354 e. The molecule has 29 heavy (non-hydrogen) atoms. The number of carbonyl (C=O) groups excluding carboxylic acids is 2. The minimum atomic E-state index is -0.540. The molecule has 0 saturated heterocycles. The minimum Gasteiger partial charge on any atom is -0.354 e. The Morgan fingerprint density at radius 1 is 1.17 bits per heavy atom. The highest BCUT2D eigenvalue weighted by Crippen LogP contribution is 2.49. The van der Waals surface area contributed by atoms with E-state index >= 15 is 0 Å². The molecular formula is C22H29Cl2FN2O2. The highest BCUT2D eigenvalue weighted by Gasteiger charge is 2.41. The van der Waals surface area contributed by atoms with E-state index in [9.17, 15) is 14.0 Å². The Balaban J connectivity index is 1.86. The molecule has 2 aliphatic rings. The van der Waals surface area contributed by atoms with Crippen molar-refractivity contribution >= 4 is 35.0 Å². The van der Waals surface area contributed by atoms with E-state index in [0.29, 0.717) is 12.8 Å². The molecule has 2 saturated carbocycles. The van der Waals surface area contributed by atoms with Gasteiger partial charge in [0.1, 0.15) is 5.82 Å². The van der Waals surface area contributed by atoms with E-state index in [4.69, 9.17) is 23.2 Å². The molecule has 4 nitrogen and oxygen atoms in total. The first kappa shape index (κ1) is 22.4. The van der Waals surface area contributed by atoms with Gasteiger partial charge in [-0.2, -0.15) is 0 Å². The van der Waals surface area contributed by atoms with Crippen molar-refractivity contribution in [1.29, 1.82) is 0 Å². The highest BCUT2D eigenvalue weighted by atomic mass is 35.5. The molecule has 3 atom stereocenters. The number of halogens is 3. The number of hydrogen-bond acceptors (Lipinski definition) is 2. The van der Waals surface area contributed by atoms with E-state index in [-0.39, 0.29) is 44.8 Å². The van der Waals surface area contributed by atoms with Crippen molar-refractivity contribution in [1.82, 2.24) is 10.6 Å². The van der Waals surface area contributed by atoms with Gasteiger partial charge in [0.25, 0.3) is 0 Å². The second kappa shape index (κ2) is 9.22. The van der Waals surface area contributed by atoms with Gasteiger partial charge in [0.15, 0.2) is 0 Å². The molecule has 0 aromatic heterocycles. The van der Waals surface area contributed by atoms with Gasteiger partial charge in [0, 0.05) is 24.4 Å². The molecule has 0 unspecified atom stereocenters. The molecular weight excluding hydrogens is 414 g/mol. The van der Waals surface area contributed by atoms with Gasteiger partial charge in [-0.25, -0.2) is 4.39 Å². The molecule has 2 N–H and O–H groups in total. The summed E-state index contributed by atoms with van der Waals surface area (Å²) in [5.74, 6) is -0.844. The van der Waals surface area contributed by atoms with Crippen molar-refractivity contribution in [3.8, 4) is 0 Å². The summed E-state index contributed by atoms with van der Waals surface area (Å²) in [6, 6.07) is 2.23. The molecule has 2 fully saturated rings. The summed E-state index contributed by atoms with van der Waals surface area (Å²) in [7, 11) is 0. The fraction of sp³-hybridized carbons (Fsp3) is 0.636. The summed E-state index contributed by atoms with van der Waals surface area (Å²) in [6.07, 6.45) is 7.06. The van der Waals surface area contributed by atoms with Crippen LogP contribution in [0, 0.1) is 17.2 Å². The standard InChI is InChI=1S/C22H29Cl2FN2O2/c1-13(28)26-15-7-6-14(12-15)21(29)27-20(22(2)10-4-3-5-11-22)18-17(25)9-8-16(23)19(18)24/h8-9,14-15,20H,3-7,10-12H2,1-2H3,(H,26,28)(H,27,29)/t14-,15-,20-/m1/s1. The Labute approximate surface area is 181 Å². The van der Waals surface area contributed by atoms with Gasteiger partial charge in [-0.15, -0.1) is 0 Å². The van der Waals surface area contributed by atoms with Crippen LogP contribution in [-0.4, -0.2) is 17.9 Å². The zero-order chi connectivity index (χ0) is 21.2. The van der Waals surface area contributed by atoms with Gasteiger partial charge >= 0.3 is 0 Å². The second-order valence-corrected chi connectivity index (χ2v) is 9.61. The van der Waals surface area contributed by atoms with Crippen LogP contribution in [0.3, 0.4) is 0 Å². The molecule has 3 rings (SSSR count). The summed E-state index contributed by atoms with van der Waals surface area (Å²) in [5, 5.41) is 6.48. The molecule has 0 radical (unpaired) electrons. The fourth-order valence-electron chi connectivity index (χ4n) is 4.95. The molecule has 1 aromatic carbocycles. The fourth-order valence-corrected chi connectivity index (χ4v) is 5.38. The minimum absolute atomic E-state index is 0.0125. The Morgan fingerprint density at radius 2 is 1.86 bits per heavy atom. The van der Waals surface area contributed by atoms with Gasteiger partial charge < -0.3 is 10.6 Å². The van der Waals surface area contributed by atoms with E-state index in [1.54, 1.807) is 0 Å². The molecule has 7 heteroatoms. The summed E-state index contributed by atoms with van der Waals surface area (Å²) >= 11 is 12.6. The van der Waals surface area contributed by atoms with Crippen LogP contribution in [0.4, 0.5) is 4.39 Å². The summed E-state index contributed by atoms with van der Waals surface area (Å²) in [4.78, 5) is 24.4. The van der Waals surface area contributed by atoms with Crippen LogP contribution in [0.15, 0.2) is 12.1 Å². The third kappa shape index (κ3) is 5.05. The third-order valence-corrected chi connectivity index (χ3v) is 7.38. The van der Waals surface area contributed by atoms with Crippen LogP contribution < -0.4 is 10.6 Å². The zero-order valence-electron chi connectivity index (χ0n) is 17.0.